The molecule has 0 aliphatic carbocycles. The van der Waals surface area contributed by atoms with Crippen molar-refractivity contribution in [1.29, 1.82) is 0 Å². The number of fused-ring (bicyclic) bond motifs is 1. The minimum Gasteiger partial charge on any atom is -0.330 e. The summed E-state index contributed by atoms with van der Waals surface area (Å²) < 4.78 is 0. The molecule has 2 unspecified atom stereocenters. The Kier molecular flexibility index (Phi) is 3.07. The molecule has 0 spiro atoms. The second-order valence-corrected chi connectivity index (χ2v) is 5.81. The van der Waals surface area contributed by atoms with Crippen molar-refractivity contribution in [2.75, 3.05) is 32.1 Å². The maximum Gasteiger partial charge on any atom is 0.231 e. The molecule has 0 radical (unpaired) electrons. The van der Waals surface area contributed by atoms with Crippen molar-refractivity contribution in [2.24, 2.45) is 11.7 Å². The summed E-state index contributed by atoms with van der Waals surface area (Å²) in [6.07, 6.45) is 1.65. The molecular formula is C15H21N3O. The van der Waals surface area contributed by atoms with E-state index in [1.54, 1.807) is 4.90 Å². The van der Waals surface area contributed by atoms with Crippen LogP contribution in [0.15, 0.2) is 18.2 Å². The molecule has 2 aliphatic rings. The van der Waals surface area contributed by atoms with Gasteiger partial charge in [-0.15, -0.1) is 0 Å². The van der Waals surface area contributed by atoms with Gasteiger partial charge in [-0.2, -0.15) is 0 Å². The van der Waals surface area contributed by atoms with Crippen molar-refractivity contribution in [1.82, 2.24) is 4.90 Å². The molecule has 2 N–H and O–H groups in total. The second kappa shape index (κ2) is 4.62. The van der Waals surface area contributed by atoms with Crippen LogP contribution in [0.1, 0.15) is 23.6 Å². The maximum absolute atomic E-state index is 11.7. The normalized spacial score (nSPS) is 27.1. The van der Waals surface area contributed by atoms with Crippen LogP contribution >= 0.6 is 0 Å². The summed E-state index contributed by atoms with van der Waals surface area (Å²) in [4.78, 5) is 15.9. The highest BCUT2D eigenvalue weighted by atomic mass is 16.2. The number of carbonyl (C=O) groups excluding carboxylic acids is 1. The number of nitrogens with zero attached hydrogens (tertiary/aromatic N) is 2. The molecule has 1 aromatic carbocycles. The molecule has 2 atom stereocenters. The monoisotopic (exact) mass is 259 g/mol. The SMILES string of the molecule is CN1C(=O)Cc2ccc(C3CC(CN)CN3C)cc21. The van der Waals surface area contributed by atoms with Gasteiger partial charge in [0.2, 0.25) is 5.91 Å². The highest BCUT2D eigenvalue weighted by Gasteiger charge is 2.31. The number of likely N-dealkylation sites (N-methyl/N-ethyl adjacent to an activating group) is 1. The fourth-order valence-corrected chi connectivity index (χ4v) is 3.33. The van der Waals surface area contributed by atoms with Crippen LogP contribution < -0.4 is 10.6 Å². The van der Waals surface area contributed by atoms with E-state index in [2.05, 4.69) is 30.1 Å². The number of hydrogen-bond acceptors (Lipinski definition) is 3. The van der Waals surface area contributed by atoms with E-state index in [0.29, 0.717) is 18.4 Å². The molecule has 1 fully saturated rings. The first-order valence-corrected chi connectivity index (χ1v) is 6.90. The van der Waals surface area contributed by atoms with Gasteiger partial charge in [-0.3, -0.25) is 9.69 Å². The van der Waals surface area contributed by atoms with Gasteiger partial charge in [0.25, 0.3) is 0 Å². The first-order valence-electron chi connectivity index (χ1n) is 6.90. The summed E-state index contributed by atoms with van der Waals surface area (Å²) in [5.74, 6) is 0.773. The van der Waals surface area contributed by atoms with Crippen molar-refractivity contribution < 1.29 is 4.79 Å². The summed E-state index contributed by atoms with van der Waals surface area (Å²) in [6, 6.07) is 6.89. The quantitative estimate of drug-likeness (QED) is 0.867. The van der Waals surface area contributed by atoms with Crippen LogP contribution in [-0.4, -0.2) is 38.0 Å². The summed E-state index contributed by atoms with van der Waals surface area (Å²) in [6.45, 7) is 1.82. The fraction of sp³-hybridized carbons (Fsp3) is 0.533. The van der Waals surface area contributed by atoms with E-state index in [1.807, 2.05) is 7.05 Å². The molecule has 0 saturated carbocycles. The van der Waals surface area contributed by atoms with Gasteiger partial charge in [-0.25, -0.2) is 0 Å². The number of nitrogens with two attached hydrogens (primary N) is 1. The van der Waals surface area contributed by atoms with Crippen LogP contribution in [-0.2, 0) is 11.2 Å². The van der Waals surface area contributed by atoms with Crippen LogP contribution in [0, 0.1) is 5.92 Å². The van der Waals surface area contributed by atoms with E-state index in [0.717, 1.165) is 30.8 Å². The zero-order valence-corrected chi connectivity index (χ0v) is 11.6. The minimum absolute atomic E-state index is 0.187. The highest BCUT2D eigenvalue weighted by Crippen LogP contribution is 2.37. The van der Waals surface area contributed by atoms with Gasteiger partial charge in [0.1, 0.15) is 0 Å². The van der Waals surface area contributed by atoms with Crippen LogP contribution in [0.2, 0.25) is 0 Å². The average Bonchev–Trinajstić information content (AvgIpc) is 2.91. The van der Waals surface area contributed by atoms with E-state index in [9.17, 15) is 4.79 Å². The number of likely N-dealkylation sites (tertiary alicyclic amines) is 1. The summed E-state index contributed by atoms with van der Waals surface area (Å²) in [5, 5.41) is 0. The topological polar surface area (TPSA) is 49.6 Å². The molecule has 4 nitrogen and oxygen atoms in total. The Morgan fingerprint density at radius 1 is 1.37 bits per heavy atom. The Balaban J connectivity index is 1.89. The van der Waals surface area contributed by atoms with Gasteiger partial charge in [0.15, 0.2) is 0 Å². The Labute approximate surface area is 114 Å². The van der Waals surface area contributed by atoms with Crippen LogP contribution in [0.5, 0.6) is 0 Å². The third-order valence-electron chi connectivity index (χ3n) is 4.54. The first kappa shape index (κ1) is 12.6. The lowest BCUT2D eigenvalue weighted by Crippen LogP contribution is -2.21. The van der Waals surface area contributed by atoms with Gasteiger partial charge in [-0.1, -0.05) is 12.1 Å². The molecule has 3 rings (SSSR count). The number of anilines is 1. The van der Waals surface area contributed by atoms with Gasteiger partial charge >= 0.3 is 0 Å². The van der Waals surface area contributed by atoms with Gasteiger partial charge in [-0.05, 0) is 43.1 Å². The average molecular weight is 259 g/mol. The Morgan fingerprint density at radius 3 is 2.84 bits per heavy atom. The number of rotatable bonds is 2. The predicted octanol–water partition coefficient (Wildman–Crippen LogP) is 1.16. The van der Waals surface area contributed by atoms with Crippen LogP contribution in [0.3, 0.4) is 0 Å². The minimum atomic E-state index is 0.187. The van der Waals surface area contributed by atoms with E-state index in [1.165, 1.54) is 5.56 Å². The number of hydrogen-bond donors (Lipinski definition) is 1. The van der Waals surface area contributed by atoms with Gasteiger partial charge in [0.05, 0.1) is 6.42 Å². The van der Waals surface area contributed by atoms with E-state index < -0.39 is 0 Å². The van der Waals surface area contributed by atoms with E-state index in [4.69, 9.17) is 5.73 Å². The predicted molar refractivity (Wildman–Crippen MR) is 76.1 cm³/mol. The second-order valence-electron chi connectivity index (χ2n) is 5.81. The molecular weight excluding hydrogens is 238 g/mol. The molecule has 102 valence electrons. The third kappa shape index (κ3) is 2.05. The first-order chi connectivity index (χ1) is 9.10. The van der Waals surface area contributed by atoms with Crippen molar-refractivity contribution in [2.45, 2.75) is 18.9 Å². The van der Waals surface area contributed by atoms with Gasteiger partial charge in [0, 0.05) is 25.3 Å². The smallest absolute Gasteiger partial charge is 0.231 e. The molecule has 0 bridgehead atoms. The molecule has 1 amide bonds. The van der Waals surface area contributed by atoms with E-state index in [-0.39, 0.29) is 5.91 Å². The standard InChI is InChI=1S/C15H21N3O/c1-17-9-10(8-16)5-13(17)11-3-4-12-7-15(19)18(2)14(12)6-11/h3-4,6,10,13H,5,7-9,16H2,1-2H3. The van der Waals surface area contributed by atoms with Crippen molar-refractivity contribution in [3.8, 4) is 0 Å². The summed E-state index contributed by atoms with van der Waals surface area (Å²) in [7, 11) is 4.02. The number of carbonyl (C=O) groups is 1. The Morgan fingerprint density at radius 2 is 2.16 bits per heavy atom. The molecule has 1 aromatic rings. The molecule has 0 aromatic heterocycles. The molecule has 4 heteroatoms. The van der Waals surface area contributed by atoms with Crippen molar-refractivity contribution in [3.63, 3.8) is 0 Å². The van der Waals surface area contributed by atoms with Crippen LogP contribution in [0.4, 0.5) is 5.69 Å². The lowest BCUT2D eigenvalue weighted by Gasteiger charge is -2.21. The largest absolute Gasteiger partial charge is 0.330 e. The van der Waals surface area contributed by atoms with Crippen LogP contribution in [0.25, 0.3) is 0 Å². The number of benzene rings is 1. The lowest BCUT2D eigenvalue weighted by molar-refractivity contribution is -0.117. The summed E-state index contributed by atoms with van der Waals surface area (Å²) >= 11 is 0. The molecule has 2 aliphatic heterocycles. The fourth-order valence-electron chi connectivity index (χ4n) is 3.33. The number of amides is 1. The zero-order chi connectivity index (χ0) is 13.6. The Hall–Kier alpha value is -1.39. The zero-order valence-electron chi connectivity index (χ0n) is 11.6. The van der Waals surface area contributed by atoms with E-state index >= 15 is 0 Å². The lowest BCUT2D eigenvalue weighted by atomic mass is 9.98. The molecule has 2 heterocycles. The van der Waals surface area contributed by atoms with Gasteiger partial charge < -0.3 is 10.6 Å². The van der Waals surface area contributed by atoms with Crippen molar-refractivity contribution >= 4 is 11.6 Å². The Bertz CT molecular complexity index is 514. The van der Waals surface area contributed by atoms with Crippen molar-refractivity contribution in [3.05, 3.63) is 29.3 Å². The molecule has 19 heavy (non-hydrogen) atoms. The highest BCUT2D eigenvalue weighted by molar-refractivity contribution is 6.01. The molecule has 1 saturated heterocycles. The third-order valence-corrected chi connectivity index (χ3v) is 4.54. The summed E-state index contributed by atoms with van der Waals surface area (Å²) in [5.41, 5.74) is 9.31. The maximum atomic E-state index is 11.7.